The molecule has 3 atom stereocenters. The Balaban J connectivity index is 1.52. The lowest BCUT2D eigenvalue weighted by Gasteiger charge is -2.46. The van der Waals surface area contributed by atoms with E-state index in [1.54, 1.807) is 19.2 Å². The third-order valence-corrected chi connectivity index (χ3v) is 7.00. The number of aromatic nitrogens is 4. The van der Waals surface area contributed by atoms with Crippen LogP contribution in [0, 0.1) is 17.9 Å². The molecule has 5 rings (SSSR count). The summed E-state index contributed by atoms with van der Waals surface area (Å²) in [6, 6.07) is 5.43. The Hall–Kier alpha value is -3.76. The maximum Gasteiger partial charge on any atom is 0.271 e. The molecule has 0 amide bonds. The van der Waals surface area contributed by atoms with Gasteiger partial charge >= 0.3 is 0 Å². The lowest BCUT2D eigenvalue weighted by Crippen LogP contribution is -2.57. The van der Waals surface area contributed by atoms with Gasteiger partial charge < -0.3 is 18.8 Å². The quantitative estimate of drug-likeness (QED) is 0.548. The molecule has 1 aliphatic heterocycles. The first-order valence-electron chi connectivity index (χ1n) is 11.5. The monoisotopic (exact) mass is 458 g/mol. The molecule has 0 radical (unpaired) electrons. The highest BCUT2D eigenvalue weighted by Crippen LogP contribution is 2.39. The summed E-state index contributed by atoms with van der Waals surface area (Å²) in [4.78, 5) is 30.0. The lowest BCUT2D eigenvalue weighted by atomic mass is 10.0. The summed E-state index contributed by atoms with van der Waals surface area (Å²) < 4.78 is 7.01. The number of nitrogens with zero attached hydrogens (tertiary/aromatic N) is 8. The SMILES string of the molecule is [C-]#[N+]c1ccc2c(n1)c(N1C[C@@H](C)N(C(C)c3nc(C4CC4)no3)C[C@@H]1C)c(C#N)c(=O)n2C. The minimum atomic E-state index is -0.364. The predicted octanol–water partition coefficient (Wildman–Crippen LogP) is 3.28. The van der Waals surface area contributed by atoms with Crippen molar-refractivity contribution in [2.75, 3.05) is 18.0 Å². The zero-order chi connectivity index (χ0) is 24.1. The molecular formula is C24H26N8O2. The van der Waals surface area contributed by atoms with E-state index in [1.807, 2.05) is 0 Å². The van der Waals surface area contributed by atoms with Crippen molar-refractivity contribution in [2.24, 2.45) is 7.05 Å². The van der Waals surface area contributed by atoms with E-state index < -0.39 is 0 Å². The number of piperazine rings is 1. The summed E-state index contributed by atoms with van der Waals surface area (Å²) in [7, 11) is 1.63. The van der Waals surface area contributed by atoms with E-state index in [0.717, 1.165) is 18.7 Å². The largest absolute Gasteiger partial charge is 0.361 e. The van der Waals surface area contributed by atoms with Crippen molar-refractivity contribution in [3.63, 3.8) is 0 Å². The van der Waals surface area contributed by atoms with Gasteiger partial charge in [0, 0.05) is 38.1 Å². The average molecular weight is 459 g/mol. The molecule has 1 unspecified atom stereocenters. The number of hydrogen-bond acceptors (Lipinski definition) is 8. The van der Waals surface area contributed by atoms with Crippen molar-refractivity contribution in [1.29, 1.82) is 5.26 Å². The van der Waals surface area contributed by atoms with E-state index in [-0.39, 0.29) is 35.1 Å². The molecule has 0 bridgehead atoms. The Kier molecular flexibility index (Phi) is 5.34. The Bertz CT molecular complexity index is 1410. The molecule has 1 aliphatic carbocycles. The van der Waals surface area contributed by atoms with Gasteiger partial charge in [0.2, 0.25) is 11.4 Å². The van der Waals surface area contributed by atoms with Crippen molar-refractivity contribution in [1.82, 2.24) is 24.6 Å². The van der Waals surface area contributed by atoms with Gasteiger partial charge in [-0.3, -0.25) is 9.69 Å². The van der Waals surface area contributed by atoms with Crippen LogP contribution in [0.4, 0.5) is 11.5 Å². The molecule has 174 valence electrons. The summed E-state index contributed by atoms with van der Waals surface area (Å²) in [6.45, 7) is 14.9. The molecule has 0 aromatic carbocycles. The second-order valence-corrected chi connectivity index (χ2v) is 9.34. The molecule has 1 saturated carbocycles. The first-order valence-corrected chi connectivity index (χ1v) is 11.5. The zero-order valence-corrected chi connectivity index (χ0v) is 19.7. The molecule has 2 fully saturated rings. The van der Waals surface area contributed by atoms with E-state index >= 15 is 0 Å². The normalized spacial score (nSPS) is 21.9. The standard InChI is InChI=1S/C24H26N8O2/c1-13-12-32(14(2)11-31(13)15(3)23-28-22(29-34-23)16-6-7-16)21-17(10-25)24(33)30(5)18-8-9-19(26-4)27-20(18)21/h8-9,13-16H,6-7,11-12H2,1-3,5H3/t13-,14+,15?/m1/s1. The Morgan fingerprint density at radius 1 is 1.24 bits per heavy atom. The van der Waals surface area contributed by atoms with Crippen LogP contribution in [0.1, 0.15) is 62.9 Å². The maximum atomic E-state index is 13.0. The van der Waals surface area contributed by atoms with E-state index in [4.69, 9.17) is 11.1 Å². The van der Waals surface area contributed by atoms with Crippen LogP contribution < -0.4 is 10.5 Å². The summed E-state index contributed by atoms with van der Waals surface area (Å²) in [5.41, 5.74) is 1.29. The van der Waals surface area contributed by atoms with Crippen LogP contribution in [0.5, 0.6) is 0 Å². The number of anilines is 1. The average Bonchev–Trinajstić information content (AvgIpc) is 3.58. The van der Waals surface area contributed by atoms with Gasteiger partial charge in [0.1, 0.15) is 17.3 Å². The maximum absolute atomic E-state index is 13.0. The first-order chi connectivity index (χ1) is 16.3. The van der Waals surface area contributed by atoms with Gasteiger partial charge in [-0.15, -0.1) is 4.98 Å². The fraction of sp³-hybridized carbons (Fsp3) is 0.500. The Morgan fingerprint density at radius 2 is 2.00 bits per heavy atom. The van der Waals surface area contributed by atoms with Crippen LogP contribution in [-0.2, 0) is 7.05 Å². The number of aryl methyl sites for hydroxylation is 1. The summed E-state index contributed by atoms with van der Waals surface area (Å²) in [5, 5.41) is 14.1. The third-order valence-electron chi connectivity index (χ3n) is 7.00. The number of rotatable bonds is 4. The second-order valence-electron chi connectivity index (χ2n) is 9.34. The second kappa shape index (κ2) is 8.23. The van der Waals surface area contributed by atoms with E-state index in [2.05, 4.69) is 56.6 Å². The first kappa shape index (κ1) is 22.1. The summed E-state index contributed by atoms with van der Waals surface area (Å²) >= 11 is 0. The molecular weight excluding hydrogens is 432 g/mol. The third kappa shape index (κ3) is 3.51. The van der Waals surface area contributed by atoms with Crippen LogP contribution in [0.25, 0.3) is 15.9 Å². The fourth-order valence-electron chi connectivity index (χ4n) is 4.90. The highest BCUT2D eigenvalue weighted by Gasteiger charge is 2.38. The molecule has 4 heterocycles. The summed E-state index contributed by atoms with van der Waals surface area (Å²) in [6.07, 6.45) is 2.24. The molecule has 2 aliphatic rings. The Morgan fingerprint density at radius 3 is 2.68 bits per heavy atom. The van der Waals surface area contributed by atoms with Crippen molar-refractivity contribution in [3.05, 3.63) is 51.2 Å². The van der Waals surface area contributed by atoms with Crippen LogP contribution in [0.3, 0.4) is 0 Å². The minimum Gasteiger partial charge on any atom is -0.361 e. The van der Waals surface area contributed by atoms with Crippen LogP contribution >= 0.6 is 0 Å². The number of hydrogen-bond donors (Lipinski definition) is 0. The van der Waals surface area contributed by atoms with Crippen LogP contribution in [0.2, 0.25) is 0 Å². The van der Waals surface area contributed by atoms with Gasteiger partial charge in [0.05, 0.1) is 11.6 Å². The molecule has 34 heavy (non-hydrogen) atoms. The number of pyridine rings is 2. The highest BCUT2D eigenvalue weighted by molar-refractivity contribution is 5.93. The molecule has 3 aromatic heterocycles. The smallest absolute Gasteiger partial charge is 0.271 e. The van der Waals surface area contributed by atoms with Gasteiger partial charge in [-0.25, -0.2) is 0 Å². The topological polar surface area (TPSA) is 108 Å². The van der Waals surface area contributed by atoms with Gasteiger partial charge in [0.25, 0.3) is 11.4 Å². The van der Waals surface area contributed by atoms with Crippen molar-refractivity contribution in [3.8, 4) is 6.07 Å². The van der Waals surface area contributed by atoms with Crippen molar-refractivity contribution >= 4 is 22.5 Å². The lowest BCUT2D eigenvalue weighted by molar-refractivity contribution is 0.0988. The predicted molar refractivity (Wildman–Crippen MR) is 126 cm³/mol. The van der Waals surface area contributed by atoms with Crippen LogP contribution in [0.15, 0.2) is 21.5 Å². The summed E-state index contributed by atoms with van der Waals surface area (Å²) in [5.74, 6) is 2.08. The molecule has 1 saturated heterocycles. The van der Waals surface area contributed by atoms with Gasteiger partial charge in [-0.1, -0.05) is 11.7 Å². The van der Waals surface area contributed by atoms with Gasteiger partial charge in [-0.2, -0.15) is 10.2 Å². The van der Waals surface area contributed by atoms with Gasteiger partial charge in [-0.05, 0) is 45.7 Å². The molecule has 3 aromatic rings. The zero-order valence-electron chi connectivity index (χ0n) is 19.7. The van der Waals surface area contributed by atoms with E-state index in [0.29, 0.717) is 41.6 Å². The van der Waals surface area contributed by atoms with Crippen molar-refractivity contribution in [2.45, 2.75) is 57.7 Å². The van der Waals surface area contributed by atoms with Gasteiger partial charge in [0.15, 0.2) is 5.82 Å². The van der Waals surface area contributed by atoms with E-state index in [9.17, 15) is 10.1 Å². The molecule has 0 N–H and O–H groups in total. The molecule has 10 heteroatoms. The molecule has 0 spiro atoms. The Labute approximate surface area is 197 Å². The highest BCUT2D eigenvalue weighted by atomic mass is 16.5. The minimum absolute atomic E-state index is 0.0229. The van der Waals surface area contributed by atoms with E-state index in [1.165, 1.54) is 4.57 Å². The van der Waals surface area contributed by atoms with Crippen LogP contribution in [-0.4, -0.2) is 49.8 Å². The molecule has 10 nitrogen and oxygen atoms in total. The number of nitriles is 1. The fourth-order valence-corrected chi connectivity index (χ4v) is 4.90. The van der Waals surface area contributed by atoms with Crippen molar-refractivity contribution < 1.29 is 4.52 Å². The number of fused-ring (bicyclic) bond motifs is 1.